The van der Waals surface area contributed by atoms with Crippen molar-refractivity contribution in [2.75, 3.05) is 31.5 Å². The monoisotopic (exact) mass is 617 g/mol. The number of likely N-dealkylation sites (N-methyl/N-ethyl adjacent to an activating group) is 1. The van der Waals surface area contributed by atoms with Crippen LogP contribution in [0.3, 0.4) is 0 Å². The molecule has 0 radical (unpaired) electrons. The van der Waals surface area contributed by atoms with Crippen molar-refractivity contribution in [2.45, 2.75) is 37.6 Å². The fraction of sp³-hybridized carbons (Fsp3) is 0.333. The molecule has 1 aromatic heterocycles. The van der Waals surface area contributed by atoms with Crippen LogP contribution < -0.4 is 9.46 Å². The Morgan fingerprint density at radius 2 is 1.77 bits per heavy atom. The van der Waals surface area contributed by atoms with Crippen LogP contribution in [0.4, 0.5) is 5.69 Å². The van der Waals surface area contributed by atoms with Crippen LogP contribution in [0, 0.1) is 5.92 Å². The molecule has 0 saturated carbocycles. The summed E-state index contributed by atoms with van der Waals surface area (Å²) in [6.07, 6.45) is 2.41. The Kier molecular flexibility index (Phi) is 9.38. The van der Waals surface area contributed by atoms with Crippen molar-refractivity contribution in [3.05, 3.63) is 96.4 Å². The second-order valence-corrected chi connectivity index (χ2v) is 13.2. The maximum atomic E-state index is 13.8. The Morgan fingerprint density at radius 3 is 2.43 bits per heavy atom. The van der Waals surface area contributed by atoms with E-state index in [2.05, 4.69) is 51.0 Å². The van der Waals surface area contributed by atoms with E-state index in [4.69, 9.17) is 4.74 Å². The lowest BCUT2D eigenvalue weighted by atomic mass is 9.98. The topological polar surface area (TPSA) is 117 Å². The van der Waals surface area contributed by atoms with Gasteiger partial charge in [-0.05, 0) is 42.8 Å². The van der Waals surface area contributed by atoms with Gasteiger partial charge in [-0.3, -0.25) is 14.4 Å². The standard InChI is InChI=1S/C33H39N5O5S/c1-23-17-38(24(2)21-39)33(40)28-11-8-12-29(35-44(41,42)31-20-37(4)22-34-31)32(28)43-30(23)19-36(3)18-25-13-15-27(16-14-25)26-9-6-5-7-10-26/h5-16,20,22-24,30,35,39H,17-19,21H2,1-4H3/t23-,24-,30-/m0/s1. The average Bonchev–Trinajstić information content (AvgIpc) is 3.47. The Labute approximate surface area is 259 Å². The third-order valence-electron chi connectivity index (χ3n) is 7.90. The number of fused-ring (bicyclic) bond motifs is 1. The lowest BCUT2D eigenvalue weighted by Gasteiger charge is -2.38. The summed E-state index contributed by atoms with van der Waals surface area (Å²) in [6, 6.07) is 23.1. The molecule has 5 rings (SSSR count). The number of benzene rings is 3. The zero-order valence-corrected chi connectivity index (χ0v) is 26.2. The van der Waals surface area contributed by atoms with Crippen molar-refractivity contribution in [3.8, 4) is 16.9 Å². The van der Waals surface area contributed by atoms with Crippen LogP contribution in [0.5, 0.6) is 5.75 Å². The van der Waals surface area contributed by atoms with Gasteiger partial charge in [-0.2, -0.15) is 8.42 Å². The number of aryl methyl sites for hydroxylation is 1. The molecule has 11 heteroatoms. The van der Waals surface area contributed by atoms with Crippen molar-refractivity contribution in [2.24, 2.45) is 13.0 Å². The van der Waals surface area contributed by atoms with E-state index < -0.39 is 22.2 Å². The molecule has 2 heterocycles. The first-order valence-corrected chi connectivity index (χ1v) is 16.1. The number of nitrogens with zero attached hydrogens (tertiary/aromatic N) is 4. The van der Waals surface area contributed by atoms with Crippen LogP contribution in [0.25, 0.3) is 11.1 Å². The maximum absolute atomic E-state index is 13.8. The molecule has 44 heavy (non-hydrogen) atoms. The number of carbonyl (C=O) groups is 1. The highest BCUT2D eigenvalue weighted by Crippen LogP contribution is 2.36. The normalized spacial score (nSPS) is 17.9. The summed E-state index contributed by atoms with van der Waals surface area (Å²) >= 11 is 0. The number of amides is 1. The number of rotatable bonds is 10. The number of nitrogens with one attached hydrogen (secondary N) is 1. The smallest absolute Gasteiger partial charge is 0.281 e. The third-order valence-corrected chi connectivity index (χ3v) is 9.15. The molecule has 232 valence electrons. The van der Waals surface area contributed by atoms with Crippen LogP contribution in [-0.2, 0) is 23.6 Å². The Hall–Kier alpha value is -4.19. The molecule has 0 unspecified atom stereocenters. The minimum atomic E-state index is -4.05. The first kappa shape index (κ1) is 31.2. The summed E-state index contributed by atoms with van der Waals surface area (Å²) in [6.45, 7) is 5.14. The van der Waals surface area contributed by atoms with Gasteiger partial charge in [-0.15, -0.1) is 0 Å². The van der Waals surface area contributed by atoms with Gasteiger partial charge in [0.25, 0.3) is 15.9 Å². The van der Waals surface area contributed by atoms with E-state index in [9.17, 15) is 18.3 Å². The van der Waals surface area contributed by atoms with Crippen molar-refractivity contribution in [1.29, 1.82) is 0 Å². The molecule has 0 saturated heterocycles. The summed E-state index contributed by atoms with van der Waals surface area (Å²) in [5.41, 5.74) is 3.82. The zero-order chi connectivity index (χ0) is 31.4. The van der Waals surface area contributed by atoms with Gasteiger partial charge in [0.05, 0.1) is 30.2 Å². The van der Waals surface area contributed by atoms with E-state index in [0.29, 0.717) is 19.6 Å². The van der Waals surface area contributed by atoms with Gasteiger partial charge in [0, 0.05) is 38.8 Å². The predicted molar refractivity (Wildman–Crippen MR) is 170 cm³/mol. The van der Waals surface area contributed by atoms with E-state index in [0.717, 1.165) is 16.7 Å². The van der Waals surface area contributed by atoms with Gasteiger partial charge >= 0.3 is 0 Å². The van der Waals surface area contributed by atoms with Crippen molar-refractivity contribution >= 4 is 21.6 Å². The number of anilines is 1. The number of aliphatic hydroxyl groups is 1. The fourth-order valence-corrected chi connectivity index (χ4v) is 6.43. The summed E-state index contributed by atoms with van der Waals surface area (Å²) < 4.78 is 37.1. The first-order valence-electron chi connectivity index (χ1n) is 14.6. The maximum Gasteiger partial charge on any atom is 0.281 e. The van der Waals surface area contributed by atoms with E-state index in [1.165, 1.54) is 12.5 Å². The van der Waals surface area contributed by atoms with Gasteiger partial charge in [0.15, 0.2) is 10.8 Å². The molecule has 1 aliphatic heterocycles. The number of ether oxygens (including phenoxy) is 1. The molecule has 0 bridgehead atoms. The molecule has 0 spiro atoms. The van der Waals surface area contributed by atoms with Crippen molar-refractivity contribution in [1.82, 2.24) is 19.4 Å². The zero-order valence-electron chi connectivity index (χ0n) is 25.4. The molecule has 1 amide bonds. The summed E-state index contributed by atoms with van der Waals surface area (Å²) in [5.74, 6) is -0.314. The van der Waals surface area contributed by atoms with E-state index in [1.807, 2.05) is 32.2 Å². The number of hydrogen-bond acceptors (Lipinski definition) is 7. The molecule has 4 aromatic rings. The largest absolute Gasteiger partial charge is 0.486 e. The van der Waals surface area contributed by atoms with Gasteiger partial charge in [0.1, 0.15) is 6.10 Å². The number of hydrogen-bond donors (Lipinski definition) is 2. The molecule has 1 aliphatic rings. The van der Waals surface area contributed by atoms with Gasteiger partial charge in [-0.1, -0.05) is 67.6 Å². The lowest BCUT2D eigenvalue weighted by Crippen LogP contribution is -2.49. The molecular formula is C33H39N5O5S. The highest BCUT2D eigenvalue weighted by Gasteiger charge is 2.35. The quantitative estimate of drug-likeness (QED) is 0.273. The second kappa shape index (κ2) is 13.2. The van der Waals surface area contributed by atoms with Crippen molar-refractivity contribution < 1.29 is 23.1 Å². The SMILES string of the molecule is C[C@H]1CN([C@@H](C)CO)C(=O)c2cccc(NS(=O)(=O)c3cn(C)cn3)c2O[C@H]1CN(C)Cc1ccc(-c2ccccc2)cc1. The van der Waals surface area contributed by atoms with Crippen LogP contribution >= 0.6 is 0 Å². The van der Waals surface area contributed by atoms with Gasteiger partial charge in [0.2, 0.25) is 0 Å². The molecule has 0 fully saturated rings. The van der Waals surface area contributed by atoms with Gasteiger partial charge < -0.3 is 19.3 Å². The number of carbonyl (C=O) groups excluding carboxylic acids is 1. The van der Waals surface area contributed by atoms with Crippen LogP contribution in [0.15, 0.2) is 90.3 Å². The van der Waals surface area contributed by atoms with Gasteiger partial charge in [-0.25, -0.2) is 4.98 Å². The van der Waals surface area contributed by atoms with Crippen LogP contribution in [-0.4, -0.2) is 77.7 Å². The molecule has 0 aliphatic carbocycles. The first-order chi connectivity index (χ1) is 21.1. The van der Waals surface area contributed by atoms with E-state index >= 15 is 0 Å². The van der Waals surface area contributed by atoms with E-state index in [1.54, 1.807) is 41.6 Å². The minimum Gasteiger partial charge on any atom is -0.486 e. The lowest BCUT2D eigenvalue weighted by molar-refractivity contribution is 0.0344. The van der Waals surface area contributed by atoms with Crippen LogP contribution in [0.2, 0.25) is 0 Å². The predicted octanol–water partition coefficient (Wildman–Crippen LogP) is 4.24. The summed E-state index contributed by atoms with van der Waals surface area (Å²) in [5, 5.41) is 9.83. The Bertz CT molecular complexity index is 1690. The second-order valence-electron chi connectivity index (χ2n) is 11.5. The average molecular weight is 618 g/mol. The van der Waals surface area contributed by atoms with E-state index in [-0.39, 0.29) is 40.5 Å². The van der Waals surface area contributed by atoms with Crippen molar-refractivity contribution in [3.63, 3.8) is 0 Å². The number of sulfonamides is 1. The molecule has 3 aromatic carbocycles. The summed E-state index contributed by atoms with van der Waals surface area (Å²) in [4.78, 5) is 21.5. The number of aliphatic hydroxyl groups excluding tert-OH is 1. The summed E-state index contributed by atoms with van der Waals surface area (Å²) in [7, 11) is -0.362. The molecule has 3 atom stereocenters. The number of imidazole rings is 1. The fourth-order valence-electron chi connectivity index (χ4n) is 5.38. The molecular weight excluding hydrogens is 578 g/mol. The highest BCUT2D eigenvalue weighted by atomic mass is 32.2. The Morgan fingerprint density at radius 1 is 1.07 bits per heavy atom. The number of aromatic nitrogens is 2. The third kappa shape index (κ3) is 6.96. The Balaban J connectivity index is 1.42. The minimum absolute atomic E-state index is 0.135. The van der Waals surface area contributed by atoms with Crippen LogP contribution in [0.1, 0.15) is 29.8 Å². The highest BCUT2D eigenvalue weighted by molar-refractivity contribution is 7.92. The molecule has 2 N–H and O–H groups in total. The molecule has 10 nitrogen and oxygen atoms in total. The number of para-hydroxylation sites is 1.